The third-order valence-electron chi connectivity index (χ3n) is 4.14. The highest BCUT2D eigenvalue weighted by molar-refractivity contribution is 6.31. The molecule has 0 unspecified atom stereocenters. The lowest BCUT2D eigenvalue weighted by molar-refractivity contribution is 0.420. The lowest BCUT2D eigenvalue weighted by Gasteiger charge is -2.09. The number of hydrogen-bond acceptors (Lipinski definition) is 4. The summed E-state index contributed by atoms with van der Waals surface area (Å²) >= 11 is 6.20. The first-order valence-corrected chi connectivity index (χ1v) is 7.47. The summed E-state index contributed by atoms with van der Waals surface area (Å²) in [6.45, 7) is 0. The average Bonchev–Trinajstić information content (AvgIpc) is 3.27. The second-order valence-corrected chi connectivity index (χ2v) is 5.87. The van der Waals surface area contributed by atoms with Crippen molar-refractivity contribution in [3.63, 3.8) is 0 Å². The summed E-state index contributed by atoms with van der Waals surface area (Å²) in [5.41, 5.74) is 6.91. The number of benzene rings is 1. The first-order chi connectivity index (χ1) is 11.3. The van der Waals surface area contributed by atoms with Crippen LogP contribution in [0.1, 0.15) is 11.3 Å². The number of imidazole rings is 1. The van der Waals surface area contributed by atoms with Crippen LogP contribution in [0.25, 0.3) is 28.2 Å². The van der Waals surface area contributed by atoms with Crippen molar-refractivity contribution >= 4 is 11.6 Å². The summed E-state index contributed by atoms with van der Waals surface area (Å²) < 4.78 is 7.05. The molecule has 1 N–H and O–H groups in total. The summed E-state index contributed by atoms with van der Waals surface area (Å²) in [7, 11) is 0. The first-order valence-electron chi connectivity index (χ1n) is 7.10. The molecule has 7 heteroatoms. The van der Waals surface area contributed by atoms with Gasteiger partial charge in [-0.25, -0.2) is 4.98 Å². The van der Waals surface area contributed by atoms with Crippen molar-refractivity contribution in [2.45, 2.75) is 6.42 Å². The van der Waals surface area contributed by atoms with Gasteiger partial charge in [-0.2, -0.15) is 5.10 Å². The Morgan fingerprint density at radius 2 is 2.22 bits per heavy atom. The van der Waals surface area contributed by atoms with Gasteiger partial charge in [0.1, 0.15) is 12.6 Å². The Morgan fingerprint density at radius 1 is 1.26 bits per heavy atom. The van der Waals surface area contributed by atoms with E-state index in [4.69, 9.17) is 16.1 Å². The molecule has 0 saturated carbocycles. The van der Waals surface area contributed by atoms with E-state index in [1.807, 2.05) is 30.7 Å². The van der Waals surface area contributed by atoms with Crippen LogP contribution in [0.2, 0.25) is 5.02 Å². The molecule has 4 heterocycles. The monoisotopic (exact) mass is 323 g/mol. The fraction of sp³-hybridized carbons (Fsp3) is 0.0625. The van der Waals surface area contributed by atoms with Crippen LogP contribution in [0.5, 0.6) is 0 Å². The summed E-state index contributed by atoms with van der Waals surface area (Å²) in [6, 6.07) is 5.82. The molecule has 3 aromatic heterocycles. The number of hydrogen-bond donors (Lipinski definition) is 1. The molecule has 23 heavy (non-hydrogen) atoms. The van der Waals surface area contributed by atoms with Gasteiger partial charge in [0.15, 0.2) is 0 Å². The van der Waals surface area contributed by atoms with Gasteiger partial charge < -0.3 is 9.09 Å². The van der Waals surface area contributed by atoms with Gasteiger partial charge in [-0.3, -0.25) is 5.10 Å². The van der Waals surface area contributed by atoms with E-state index >= 15 is 0 Å². The van der Waals surface area contributed by atoms with Crippen molar-refractivity contribution < 1.29 is 4.52 Å². The zero-order chi connectivity index (χ0) is 15.4. The highest BCUT2D eigenvalue weighted by Crippen LogP contribution is 2.37. The van der Waals surface area contributed by atoms with E-state index in [1.165, 1.54) is 0 Å². The zero-order valence-corrected chi connectivity index (χ0v) is 12.6. The van der Waals surface area contributed by atoms with Gasteiger partial charge in [0.25, 0.3) is 0 Å². The predicted molar refractivity (Wildman–Crippen MR) is 84.5 cm³/mol. The van der Waals surface area contributed by atoms with E-state index in [2.05, 4.69) is 24.9 Å². The number of rotatable bonds is 1. The van der Waals surface area contributed by atoms with Crippen LogP contribution in [0.15, 0.2) is 47.7 Å². The Morgan fingerprint density at radius 3 is 3.09 bits per heavy atom. The van der Waals surface area contributed by atoms with Crippen molar-refractivity contribution in [3.8, 4) is 28.2 Å². The number of aromatic nitrogens is 5. The Hall–Kier alpha value is -2.86. The number of nitrogens with one attached hydrogen (secondary N) is 1. The average molecular weight is 324 g/mol. The minimum Gasteiger partial charge on any atom is -0.364 e. The Bertz CT molecular complexity index is 1020. The first kappa shape index (κ1) is 12.7. The fourth-order valence-corrected chi connectivity index (χ4v) is 3.26. The van der Waals surface area contributed by atoms with Gasteiger partial charge in [0.2, 0.25) is 0 Å². The molecular weight excluding hydrogens is 314 g/mol. The van der Waals surface area contributed by atoms with Gasteiger partial charge in [-0.15, -0.1) is 0 Å². The van der Waals surface area contributed by atoms with Crippen molar-refractivity contribution in [1.29, 1.82) is 0 Å². The van der Waals surface area contributed by atoms with E-state index in [9.17, 15) is 0 Å². The van der Waals surface area contributed by atoms with E-state index in [0.29, 0.717) is 11.4 Å². The summed E-state index contributed by atoms with van der Waals surface area (Å²) in [4.78, 5) is 4.56. The van der Waals surface area contributed by atoms with Gasteiger partial charge in [0, 0.05) is 22.6 Å². The maximum absolute atomic E-state index is 6.20. The normalized spacial score (nSPS) is 12.4. The van der Waals surface area contributed by atoms with Crippen LogP contribution in [0.3, 0.4) is 0 Å². The van der Waals surface area contributed by atoms with Crippen molar-refractivity contribution in [3.05, 3.63) is 59.5 Å². The van der Waals surface area contributed by atoms with Crippen LogP contribution < -0.4 is 0 Å². The van der Waals surface area contributed by atoms with Crippen molar-refractivity contribution in [2.75, 3.05) is 0 Å². The van der Waals surface area contributed by atoms with Crippen LogP contribution in [-0.2, 0) is 6.42 Å². The maximum atomic E-state index is 6.20. The molecule has 112 valence electrons. The molecule has 0 fully saturated rings. The predicted octanol–water partition coefficient (Wildman–Crippen LogP) is 3.48. The standard InChI is InChI=1S/C16H10ClN5O/c17-11-1-2-13-12(4-11)15-9(5-19-21-15)3-14-16(18-8-22(13)14)10-6-20-23-7-10/h1-2,4-8H,3H2,(H,19,21). The summed E-state index contributed by atoms with van der Waals surface area (Å²) in [5.74, 6) is 0. The molecular formula is C16H10ClN5O. The van der Waals surface area contributed by atoms with Gasteiger partial charge in [-0.1, -0.05) is 16.8 Å². The molecule has 6 nitrogen and oxygen atoms in total. The molecule has 0 bridgehead atoms. The van der Waals surface area contributed by atoms with E-state index in [0.717, 1.165) is 39.5 Å². The molecule has 1 aliphatic heterocycles. The van der Waals surface area contributed by atoms with Crippen LogP contribution >= 0.6 is 11.6 Å². The lowest BCUT2D eigenvalue weighted by atomic mass is 10.0. The van der Waals surface area contributed by atoms with Gasteiger partial charge >= 0.3 is 0 Å². The largest absolute Gasteiger partial charge is 0.364 e. The van der Waals surface area contributed by atoms with Crippen LogP contribution in [0, 0.1) is 0 Å². The summed E-state index contributed by atoms with van der Waals surface area (Å²) in [6.07, 6.45) is 7.66. The smallest absolute Gasteiger partial charge is 0.133 e. The lowest BCUT2D eigenvalue weighted by Crippen LogP contribution is -1.99. The van der Waals surface area contributed by atoms with Crippen LogP contribution in [-0.4, -0.2) is 24.9 Å². The summed E-state index contributed by atoms with van der Waals surface area (Å²) in [5, 5.41) is 11.7. The fourth-order valence-electron chi connectivity index (χ4n) is 3.09. The van der Waals surface area contributed by atoms with Crippen molar-refractivity contribution in [2.24, 2.45) is 0 Å². The third kappa shape index (κ3) is 1.78. The number of aromatic amines is 1. The number of H-pyrrole nitrogens is 1. The van der Waals surface area contributed by atoms with Crippen molar-refractivity contribution in [1.82, 2.24) is 24.9 Å². The second kappa shape index (κ2) is 4.57. The number of fused-ring (bicyclic) bond motifs is 5. The minimum absolute atomic E-state index is 0.687. The number of halogens is 1. The number of nitrogens with zero attached hydrogens (tertiary/aromatic N) is 4. The van der Waals surface area contributed by atoms with Crippen LogP contribution in [0.4, 0.5) is 0 Å². The topological polar surface area (TPSA) is 72.5 Å². The maximum Gasteiger partial charge on any atom is 0.133 e. The Kier molecular flexibility index (Phi) is 2.51. The van der Waals surface area contributed by atoms with E-state index < -0.39 is 0 Å². The molecule has 5 rings (SSSR count). The quantitative estimate of drug-likeness (QED) is 0.512. The zero-order valence-electron chi connectivity index (χ0n) is 11.8. The second-order valence-electron chi connectivity index (χ2n) is 5.43. The third-order valence-corrected chi connectivity index (χ3v) is 4.37. The molecule has 0 spiro atoms. The van der Waals surface area contributed by atoms with Gasteiger partial charge in [-0.05, 0) is 18.2 Å². The van der Waals surface area contributed by atoms with E-state index in [-0.39, 0.29) is 0 Å². The molecule has 0 amide bonds. The Labute approximate surface area is 135 Å². The molecule has 0 atom stereocenters. The molecule has 4 aromatic rings. The molecule has 1 aliphatic rings. The van der Waals surface area contributed by atoms with E-state index in [1.54, 1.807) is 12.5 Å². The minimum atomic E-state index is 0.687. The SMILES string of the molecule is Clc1ccc2c(c1)-c1[nH]ncc1Cc1c(-c3cnoc3)ncn1-2. The highest BCUT2D eigenvalue weighted by atomic mass is 35.5. The molecule has 0 saturated heterocycles. The molecule has 0 radical (unpaired) electrons. The molecule has 0 aliphatic carbocycles. The van der Waals surface area contributed by atoms with Gasteiger partial charge in [0.05, 0.1) is 40.7 Å². The highest BCUT2D eigenvalue weighted by Gasteiger charge is 2.24. The molecule has 1 aromatic carbocycles. The Balaban J connectivity index is 1.84.